The van der Waals surface area contributed by atoms with Crippen LogP contribution in [0.2, 0.25) is 0 Å². The van der Waals surface area contributed by atoms with Gasteiger partial charge in [-0.3, -0.25) is 9.59 Å². The van der Waals surface area contributed by atoms with E-state index in [2.05, 4.69) is 0 Å². The van der Waals surface area contributed by atoms with Crippen LogP contribution in [-0.2, 0) is 0 Å². The first-order valence-corrected chi connectivity index (χ1v) is 9.06. The summed E-state index contributed by atoms with van der Waals surface area (Å²) in [4.78, 5) is 27.7. The van der Waals surface area contributed by atoms with Crippen LogP contribution in [0.15, 0.2) is 41.8 Å². The largest absolute Gasteiger partial charge is 0.393 e. The van der Waals surface area contributed by atoms with Gasteiger partial charge in [0.25, 0.3) is 5.91 Å². The minimum absolute atomic E-state index is 0.122. The predicted octanol–water partition coefficient (Wildman–Crippen LogP) is 3.21. The van der Waals surface area contributed by atoms with E-state index in [0.717, 1.165) is 19.3 Å². The molecular weight excluding hydrogens is 322 g/mol. The van der Waals surface area contributed by atoms with Gasteiger partial charge < -0.3 is 10.0 Å². The minimum Gasteiger partial charge on any atom is -0.393 e. The van der Waals surface area contributed by atoms with Crippen LogP contribution in [0.4, 0.5) is 0 Å². The standard InChI is InChI=1S/C19H21NO3S/c1-20(12-13-6-4-9-16(13)21)19(23)15-8-3-2-7-14(15)18(22)17-10-5-11-24-17/h2-3,5,7-8,10-11,13,16,21H,4,6,9,12H2,1H3. The van der Waals surface area contributed by atoms with Crippen LogP contribution in [-0.4, -0.2) is 41.4 Å². The Balaban J connectivity index is 1.81. The zero-order valence-electron chi connectivity index (χ0n) is 13.6. The van der Waals surface area contributed by atoms with E-state index >= 15 is 0 Å². The molecule has 0 spiro atoms. The number of amides is 1. The van der Waals surface area contributed by atoms with E-state index in [4.69, 9.17) is 0 Å². The fourth-order valence-electron chi connectivity index (χ4n) is 3.28. The Hall–Kier alpha value is -1.98. The van der Waals surface area contributed by atoms with Gasteiger partial charge in [0, 0.05) is 25.1 Å². The molecule has 3 rings (SSSR count). The van der Waals surface area contributed by atoms with Crippen LogP contribution in [0, 0.1) is 5.92 Å². The average Bonchev–Trinajstić information content (AvgIpc) is 3.26. The highest BCUT2D eigenvalue weighted by Crippen LogP contribution is 2.27. The van der Waals surface area contributed by atoms with Gasteiger partial charge in [-0.2, -0.15) is 0 Å². The molecule has 1 N–H and O–H groups in total. The molecule has 2 aromatic rings. The van der Waals surface area contributed by atoms with Crippen molar-refractivity contribution in [3.05, 3.63) is 57.8 Å². The monoisotopic (exact) mass is 343 g/mol. The highest BCUT2D eigenvalue weighted by Gasteiger charge is 2.29. The number of hydrogen-bond acceptors (Lipinski definition) is 4. The lowest BCUT2D eigenvalue weighted by atomic mass is 10.0. The van der Waals surface area contributed by atoms with Crippen molar-refractivity contribution >= 4 is 23.0 Å². The summed E-state index contributed by atoms with van der Waals surface area (Å²) in [6, 6.07) is 10.6. The summed E-state index contributed by atoms with van der Waals surface area (Å²) in [5, 5.41) is 11.8. The normalized spacial score (nSPS) is 20.1. The molecule has 2 atom stereocenters. The van der Waals surface area contributed by atoms with E-state index in [0.29, 0.717) is 22.5 Å². The molecule has 1 aliphatic rings. The maximum Gasteiger partial charge on any atom is 0.254 e. The second-order valence-electron chi connectivity index (χ2n) is 6.30. The maximum absolute atomic E-state index is 12.8. The summed E-state index contributed by atoms with van der Waals surface area (Å²) in [6.45, 7) is 0.515. The number of benzene rings is 1. The number of hydrogen-bond donors (Lipinski definition) is 1. The van der Waals surface area contributed by atoms with Crippen LogP contribution >= 0.6 is 11.3 Å². The van der Waals surface area contributed by atoms with Gasteiger partial charge in [0.15, 0.2) is 0 Å². The van der Waals surface area contributed by atoms with E-state index in [-0.39, 0.29) is 23.7 Å². The van der Waals surface area contributed by atoms with Crippen LogP contribution in [0.1, 0.15) is 44.9 Å². The summed E-state index contributed by atoms with van der Waals surface area (Å²) >= 11 is 1.37. The fourth-order valence-corrected chi connectivity index (χ4v) is 3.96. The van der Waals surface area contributed by atoms with Crippen LogP contribution in [0.5, 0.6) is 0 Å². The summed E-state index contributed by atoms with van der Waals surface area (Å²) in [7, 11) is 1.74. The van der Waals surface area contributed by atoms with E-state index in [1.165, 1.54) is 11.3 Å². The lowest BCUT2D eigenvalue weighted by molar-refractivity contribution is 0.0690. The molecule has 1 aromatic carbocycles. The average molecular weight is 343 g/mol. The highest BCUT2D eigenvalue weighted by molar-refractivity contribution is 7.12. The van der Waals surface area contributed by atoms with Crippen LogP contribution in [0.25, 0.3) is 0 Å². The summed E-state index contributed by atoms with van der Waals surface area (Å²) in [5.41, 5.74) is 0.856. The van der Waals surface area contributed by atoms with Gasteiger partial charge in [-0.15, -0.1) is 11.3 Å². The predicted molar refractivity (Wildman–Crippen MR) is 94.5 cm³/mol. The van der Waals surface area contributed by atoms with Crippen molar-refractivity contribution in [2.75, 3.05) is 13.6 Å². The number of rotatable bonds is 5. The summed E-state index contributed by atoms with van der Waals surface area (Å²) in [6.07, 6.45) is 2.42. The smallest absolute Gasteiger partial charge is 0.254 e. The van der Waals surface area contributed by atoms with E-state index in [1.807, 2.05) is 11.4 Å². The van der Waals surface area contributed by atoms with Crippen molar-refractivity contribution in [3.8, 4) is 0 Å². The molecule has 1 heterocycles. The SMILES string of the molecule is CN(CC1CCCC1O)C(=O)c1ccccc1C(=O)c1cccs1. The molecule has 1 fully saturated rings. The summed E-state index contributed by atoms with van der Waals surface area (Å²) < 4.78 is 0. The third-order valence-corrected chi connectivity index (χ3v) is 5.49. The Labute approximate surface area is 145 Å². The molecule has 1 aliphatic carbocycles. The molecule has 0 aliphatic heterocycles. The van der Waals surface area contributed by atoms with Gasteiger partial charge in [0.05, 0.1) is 16.5 Å². The first-order chi connectivity index (χ1) is 11.6. The molecule has 0 radical (unpaired) electrons. The molecule has 2 unspecified atom stereocenters. The van der Waals surface area contributed by atoms with Gasteiger partial charge in [0.2, 0.25) is 5.78 Å². The molecule has 0 bridgehead atoms. The number of carbonyl (C=O) groups excluding carboxylic acids is 2. The number of aliphatic hydroxyl groups excluding tert-OH is 1. The number of carbonyl (C=O) groups is 2. The van der Waals surface area contributed by atoms with Gasteiger partial charge in [-0.1, -0.05) is 30.7 Å². The molecule has 126 valence electrons. The zero-order valence-corrected chi connectivity index (χ0v) is 14.5. The molecule has 1 saturated carbocycles. The lowest BCUT2D eigenvalue weighted by Gasteiger charge is -2.24. The number of thiophene rings is 1. The summed E-state index contributed by atoms with van der Waals surface area (Å²) in [5.74, 6) is -0.169. The van der Waals surface area contributed by atoms with Crippen molar-refractivity contribution in [1.29, 1.82) is 0 Å². The molecule has 1 aromatic heterocycles. The maximum atomic E-state index is 12.8. The van der Waals surface area contributed by atoms with Crippen LogP contribution in [0.3, 0.4) is 0 Å². The first-order valence-electron chi connectivity index (χ1n) is 8.18. The second-order valence-corrected chi connectivity index (χ2v) is 7.24. The highest BCUT2D eigenvalue weighted by atomic mass is 32.1. The topological polar surface area (TPSA) is 57.6 Å². The number of aliphatic hydroxyl groups is 1. The molecule has 1 amide bonds. The van der Waals surface area contributed by atoms with E-state index in [9.17, 15) is 14.7 Å². The minimum atomic E-state index is -0.330. The Morgan fingerprint density at radius 3 is 2.54 bits per heavy atom. The Kier molecular flexibility index (Phi) is 5.11. The molecule has 4 nitrogen and oxygen atoms in total. The quantitative estimate of drug-likeness (QED) is 0.848. The van der Waals surface area contributed by atoms with Crippen molar-refractivity contribution in [1.82, 2.24) is 4.90 Å². The van der Waals surface area contributed by atoms with Crippen molar-refractivity contribution in [2.45, 2.75) is 25.4 Å². The Morgan fingerprint density at radius 2 is 1.92 bits per heavy atom. The zero-order chi connectivity index (χ0) is 17.1. The second kappa shape index (κ2) is 7.28. The molecular formula is C19H21NO3S. The van der Waals surface area contributed by atoms with Gasteiger partial charge >= 0.3 is 0 Å². The molecule has 24 heavy (non-hydrogen) atoms. The number of ketones is 1. The van der Waals surface area contributed by atoms with Gasteiger partial charge in [-0.25, -0.2) is 0 Å². The van der Waals surface area contributed by atoms with E-state index < -0.39 is 0 Å². The third-order valence-electron chi connectivity index (χ3n) is 4.62. The van der Waals surface area contributed by atoms with E-state index in [1.54, 1.807) is 42.3 Å². The third kappa shape index (κ3) is 3.42. The number of nitrogens with zero attached hydrogens (tertiary/aromatic N) is 1. The lowest BCUT2D eigenvalue weighted by Crippen LogP contribution is -2.35. The van der Waals surface area contributed by atoms with Gasteiger partial charge in [0.1, 0.15) is 0 Å². The molecule has 0 saturated heterocycles. The Bertz CT molecular complexity index is 726. The van der Waals surface area contributed by atoms with Crippen molar-refractivity contribution in [2.24, 2.45) is 5.92 Å². The molecule has 5 heteroatoms. The first kappa shape index (κ1) is 16.9. The van der Waals surface area contributed by atoms with Crippen molar-refractivity contribution < 1.29 is 14.7 Å². The van der Waals surface area contributed by atoms with Gasteiger partial charge in [-0.05, 0) is 30.4 Å². The fraction of sp³-hybridized carbons (Fsp3) is 0.368. The van der Waals surface area contributed by atoms with Crippen molar-refractivity contribution in [3.63, 3.8) is 0 Å². The Morgan fingerprint density at radius 1 is 1.17 bits per heavy atom. The van der Waals surface area contributed by atoms with Crippen LogP contribution < -0.4 is 0 Å².